The molecule has 0 spiro atoms. The van der Waals surface area contributed by atoms with E-state index in [0.29, 0.717) is 49.7 Å². The van der Waals surface area contributed by atoms with Crippen LogP contribution in [0.1, 0.15) is 34.6 Å². The Morgan fingerprint density at radius 1 is 1.13 bits per heavy atom. The van der Waals surface area contributed by atoms with E-state index in [1.807, 2.05) is 23.8 Å². The van der Waals surface area contributed by atoms with Gasteiger partial charge in [-0.3, -0.25) is 19.7 Å². The van der Waals surface area contributed by atoms with Crippen LogP contribution in [-0.4, -0.2) is 61.3 Å². The van der Waals surface area contributed by atoms with Crippen LogP contribution in [0.5, 0.6) is 0 Å². The zero-order valence-electron chi connectivity index (χ0n) is 17.8. The number of rotatable bonds is 6. The van der Waals surface area contributed by atoms with Crippen LogP contribution in [0.25, 0.3) is 0 Å². The van der Waals surface area contributed by atoms with Crippen LogP contribution in [-0.2, 0) is 0 Å². The summed E-state index contributed by atoms with van der Waals surface area (Å²) in [4.78, 5) is 40.6. The molecule has 1 heterocycles. The Balaban J connectivity index is 1.78. The van der Waals surface area contributed by atoms with Gasteiger partial charge in [0, 0.05) is 63.2 Å². The average molecular weight is 428 g/mol. The van der Waals surface area contributed by atoms with Gasteiger partial charge in [-0.25, -0.2) is 4.39 Å². The van der Waals surface area contributed by atoms with Gasteiger partial charge in [0.25, 0.3) is 11.6 Å². The maximum Gasteiger partial charge on any atom is 0.270 e. The molecule has 2 aromatic carbocycles. The van der Waals surface area contributed by atoms with Crippen LogP contribution in [0.3, 0.4) is 0 Å². The van der Waals surface area contributed by atoms with Gasteiger partial charge in [-0.2, -0.15) is 0 Å². The first kappa shape index (κ1) is 22.2. The van der Waals surface area contributed by atoms with Crippen molar-refractivity contribution in [3.63, 3.8) is 0 Å². The van der Waals surface area contributed by atoms with Crippen LogP contribution in [0.4, 0.5) is 21.5 Å². The van der Waals surface area contributed by atoms with Gasteiger partial charge in [0.2, 0.25) is 0 Å². The molecule has 0 bridgehead atoms. The lowest BCUT2D eigenvalue weighted by atomic mass is 10.1. The number of hydrogen-bond acceptors (Lipinski definition) is 6. The van der Waals surface area contributed by atoms with E-state index in [2.05, 4.69) is 0 Å². The smallest absolute Gasteiger partial charge is 0.270 e. The average Bonchev–Trinajstić information content (AvgIpc) is 2.77. The summed E-state index contributed by atoms with van der Waals surface area (Å²) in [6.07, 6.45) is 0. The summed E-state index contributed by atoms with van der Waals surface area (Å²) in [5.74, 6) is -0.963. The lowest BCUT2D eigenvalue weighted by Crippen LogP contribution is -2.49. The van der Waals surface area contributed by atoms with Crippen molar-refractivity contribution in [2.24, 2.45) is 0 Å². The molecule has 1 saturated heterocycles. The molecule has 9 heteroatoms. The topological polar surface area (TPSA) is 87.0 Å². The van der Waals surface area contributed by atoms with E-state index in [1.165, 1.54) is 25.1 Å². The fourth-order valence-electron chi connectivity index (χ4n) is 3.62. The molecule has 0 saturated carbocycles. The Hall–Kier alpha value is -3.49. The molecule has 8 nitrogen and oxygen atoms in total. The third-order valence-electron chi connectivity index (χ3n) is 5.57. The molecule has 0 aromatic heterocycles. The molecule has 2 aromatic rings. The third kappa shape index (κ3) is 4.65. The van der Waals surface area contributed by atoms with E-state index < -0.39 is 10.7 Å². The molecule has 1 aliphatic rings. The highest BCUT2D eigenvalue weighted by molar-refractivity contribution is 6.00. The van der Waals surface area contributed by atoms with Crippen molar-refractivity contribution in [1.82, 2.24) is 4.90 Å². The monoisotopic (exact) mass is 428 g/mol. The number of halogens is 1. The second-order valence-corrected chi connectivity index (χ2v) is 7.47. The summed E-state index contributed by atoms with van der Waals surface area (Å²) >= 11 is 0. The number of benzene rings is 2. The van der Waals surface area contributed by atoms with E-state index in [-0.39, 0.29) is 22.9 Å². The fourth-order valence-corrected chi connectivity index (χ4v) is 3.62. The molecule has 31 heavy (non-hydrogen) atoms. The minimum absolute atomic E-state index is 0.136. The van der Waals surface area contributed by atoms with Gasteiger partial charge >= 0.3 is 0 Å². The van der Waals surface area contributed by atoms with E-state index in [1.54, 1.807) is 23.1 Å². The Kier molecular flexibility index (Phi) is 6.53. The van der Waals surface area contributed by atoms with Gasteiger partial charge < -0.3 is 14.7 Å². The Morgan fingerprint density at radius 2 is 1.81 bits per heavy atom. The Labute approximate surface area is 180 Å². The number of nitrogens with zero attached hydrogens (tertiary/aromatic N) is 4. The number of carbonyl (C=O) groups is 2. The molecule has 164 valence electrons. The van der Waals surface area contributed by atoms with Crippen molar-refractivity contribution in [3.05, 3.63) is 63.5 Å². The predicted molar refractivity (Wildman–Crippen MR) is 117 cm³/mol. The van der Waals surface area contributed by atoms with Crippen molar-refractivity contribution < 1.29 is 18.9 Å². The lowest BCUT2D eigenvalue weighted by molar-refractivity contribution is -0.384. The molecule has 3 rings (SSSR count). The molecule has 0 N–H and O–H groups in total. The van der Waals surface area contributed by atoms with Crippen LogP contribution in [0.2, 0.25) is 0 Å². The maximum absolute atomic E-state index is 14.5. The summed E-state index contributed by atoms with van der Waals surface area (Å²) in [5.41, 5.74) is 1.48. The Bertz CT molecular complexity index is 1020. The minimum Gasteiger partial charge on any atom is -0.374 e. The highest BCUT2D eigenvalue weighted by Crippen LogP contribution is 2.28. The number of ketones is 1. The molecular formula is C22H25FN4O4. The highest BCUT2D eigenvalue weighted by atomic mass is 19.1. The van der Waals surface area contributed by atoms with Crippen molar-refractivity contribution in [1.29, 1.82) is 0 Å². The van der Waals surface area contributed by atoms with E-state index in [4.69, 9.17) is 0 Å². The molecule has 1 aliphatic heterocycles. The summed E-state index contributed by atoms with van der Waals surface area (Å²) in [6, 6.07) is 8.70. The van der Waals surface area contributed by atoms with Gasteiger partial charge in [0.1, 0.15) is 5.82 Å². The number of hydrogen-bond donors (Lipinski definition) is 0. The normalized spacial score (nSPS) is 13.8. The number of anilines is 2. The summed E-state index contributed by atoms with van der Waals surface area (Å²) in [6.45, 7) is 5.49. The number of piperazine rings is 1. The summed E-state index contributed by atoms with van der Waals surface area (Å²) in [7, 11) is 1.82. The highest BCUT2D eigenvalue weighted by Gasteiger charge is 2.27. The molecule has 0 atom stereocenters. The third-order valence-corrected chi connectivity index (χ3v) is 5.57. The number of amides is 1. The minimum atomic E-state index is -0.516. The number of carbonyl (C=O) groups excluding carboxylic acids is 2. The zero-order chi connectivity index (χ0) is 22.7. The zero-order valence-corrected chi connectivity index (χ0v) is 17.8. The first-order chi connectivity index (χ1) is 14.7. The quantitative estimate of drug-likeness (QED) is 0.398. The molecule has 0 aliphatic carbocycles. The van der Waals surface area contributed by atoms with Crippen molar-refractivity contribution in [2.75, 3.05) is 49.6 Å². The molecule has 0 unspecified atom stereocenters. The first-order valence-corrected chi connectivity index (χ1v) is 10.1. The number of non-ortho nitro benzene ring substituents is 1. The van der Waals surface area contributed by atoms with Crippen molar-refractivity contribution >= 4 is 28.8 Å². The van der Waals surface area contributed by atoms with Gasteiger partial charge in [0.15, 0.2) is 5.78 Å². The van der Waals surface area contributed by atoms with Crippen molar-refractivity contribution in [3.8, 4) is 0 Å². The standard InChI is InChI=1S/C22H25FN4O4/c1-4-24(3)20-8-6-17(27(30)31)14-18(20)22(29)26-11-9-25(10-12-26)21-7-5-16(15(2)28)13-19(21)23/h5-8,13-14H,4,9-12H2,1-3H3. The molecule has 1 amide bonds. The van der Waals surface area contributed by atoms with Crippen LogP contribution >= 0.6 is 0 Å². The van der Waals surface area contributed by atoms with Gasteiger partial charge in [0.05, 0.1) is 16.2 Å². The van der Waals surface area contributed by atoms with Crippen molar-refractivity contribution in [2.45, 2.75) is 13.8 Å². The summed E-state index contributed by atoms with van der Waals surface area (Å²) < 4.78 is 14.5. The number of nitro benzene ring substituents is 1. The Morgan fingerprint density at radius 3 is 2.35 bits per heavy atom. The second kappa shape index (κ2) is 9.11. The number of Topliss-reactive ketones (excluding diaryl/α,β-unsaturated/α-hetero) is 1. The SMILES string of the molecule is CCN(C)c1ccc([N+](=O)[O-])cc1C(=O)N1CCN(c2ccc(C(C)=O)cc2F)CC1. The van der Waals surface area contributed by atoms with Crippen LogP contribution < -0.4 is 9.80 Å². The van der Waals surface area contributed by atoms with E-state index in [9.17, 15) is 24.1 Å². The predicted octanol–water partition coefficient (Wildman–Crippen LogP) is 3.36. The largest absolute Gasteiger partial charge is 0.374 e. The first-order valence-electron chi connectivity index (χ1n) is 10.1. The van der Waals surface area contributed by atoms with Gasteiger partial charge in [-0.05, 0) is 38.1 Å². The molecule has 1 fully saturated rings. The van der Waals surface area contributed by atoms with Crippen LogP contribution in [0, 0.1) is 15.9 Å². The van der Waals surface area contributed by atoms with E-state index in [0.717, 1.165) is 0 Å². The molecular weight excluding hydrogens is 403 g/mol. The summed E-state index contributed by atoms with van der Waals surface area (Å²) in [5, 5.41) is 11.2. The van der Waals surface area contributed by atoms with Gasteiger partial charge in [-0.1, -0.05) is 0 Å². The van der Waals surface area contributed by atoms with Gasteiger partial charge in [-0.15, -0.1) is 0 Å². The number of nitro groups is 1. The fraction of sp³-hybridized carbons (Fsp3) is 0.364. The molecule has 0 radical (unpaired) electrons. The lowest BCUT2D eigenvalue weighted by Gasteiger charge is -2.36. The van der Waals surface area contributed by atoms with E-state index >= 15 is 0 Å². The second-order valence-electron chi connectivity index (χ2n) is 7.47. The van der Waals surface area contributed by atoms with Crippen LogP contribution in [0.15, 0.2) is 36.4 Å². The maximum atomic E-state index is 14.5.